The van der Waals surface area contributed by atoms with Crippen molar-refractivity contribution in [2.45, 2.75) is 26.8 Å². The second-order valence-corrected chi connectivity index (χ2v) is 6.94. The molecule has 7 nitrogen and oxygen atoms in total. The Balaban J connectivity index is 1.48. The maximum Gasteiger partial charge on any atom is 0.331 e. The Kier molecular flexibility index (Phi) is 6.85. The molecule has 3 rings (SSSR count). The van der Waals surface area contributed by atoms with Gasteiger partial charge >= 0.3 is 5.97 Å². The van der Waals surface area contributed by atoms with Gasteiger partial charge < -0.3 is 19.4 Å². The smallest absolute Gasteiger partial charge is 0.331 e. The highest BCUT2D eigenvalue weighted by Gasteiger charge is 2.10. The van der Waals surface area contributed by atoms with Crippen LogP contribution in [0.2, 0.25) is 0 Å². The number of amides is 1. The lowest BCUT2D eigenvalue weighted by Gasteiger charge is -2.27. The third-order valence-electron chi connectivity index (χ3n) is 4.46. The summed E-state index contributed by atoms with van der Waals surface area (Å²) in [5.74, 6) is -0.777. The number of fused-ring (bicyclic) bond motifs is 1. The number of para-hydroxylation sites is 2. The second-order valence-electron chi connectivity index (χ2n) is 6.94. The van der Waals surface area contributed by atoms with Gasteiger partial charge in [-0.3, -0.25) is 4.79 Å². The number of esters is 1. The molecule has 0 aliphatic heterocycles. The lowest BCUT2D eigenvalue weighted by atomic mass is 10.2. The number of nitrogens with one attached hydrogen (secondary N) is 1. The van der Waals surface area contributed by atoms with Crippen molar-refractivity contribution in [1.82, 2.24) is 4.98 Å². The lowest BCUT2D eigenvalue weighted by molar-refractivity contribution is -0.142. The van der Waals surface area contributed by atoms with E-state index in [1.807, 2.05) is 42.5 Å². The monoisotopic (exact) mass is 407 g/mol. The molecule has 7 heteroatoms. The SMILES string of the molecule is CCN(c1ccc(NC(=O)COC(=O)/C=C/c2nc3ccccc3o2)cc1)C(C)C. The molecule has 156 valence electrons. The molecule has 0 unspecified atom stereocenters. The van der Waals surface area contributed by atoms with Crippen LogP contribution in [0.4, 0.5) is 11.4 Å². The zero-order valence-corrected chi connectivity index (χ0v) is 17.3. The molecule has 0 fully saturated rings. The highest BCUT2D eigenvalue weighted by atomic mass is 16.5. The molecule has 0 aliphatic rings. The number of anilines is 2. The molecule has 0 bridgehead atoms. The van der Waals surface area contributed by atoms with Gasteiger partial charge in [-0.2, -0.15) is 0 Å². The Labute approximate surface area is 175 Å². The first kappa shape index (κ1) is 21.1. The topological polar surface area (TPSA) is 84.7 Å². The fourth-order valence-electron chi connectivity index (χ4n) is 3.06. The quantitative estimate of drug-likeness (QED) is 0.444. The summed E-state index contributed by atoms with van der Waals surface area (Å²) in [5.41, 5.74) is 3.06. The van der Waals surface area contributed by atoms with Crippen molar-refractivity contribution in [1.29, 1.82) is 0 Å². The van der Waals surface area contributed by atoms with Crippen molar-refractivity contribution >= 4 is 40.4 Å². The third kappa shape index (κ3) is 5.47. The highest BCUT2D eigenvalue weighted by Crippen LogP contribution is 2.20. The van der Waals surface area contributed by atoms with Gasteiger partial charge in [0.1, 0.15) is 5.52 Å². The predicted molar refractivity (Wildman–Crippen MR) is 117 cm³/mol. The van der Waals surface area contributed by atoms with Crippen molar-refractivity contribution in [3.8, 4) is 0 Å². The van der Waals surface area contributed by atoms with Crippen LogP contribution in [0.5, 0.6) is 0 Å². The van der Waals surface area contributed by atoms with Gasteiger partial charge in [-0.05, 0) is 57.2 Å². The van der Waals surface area contributed by atoms with Crippen molar-refractivity contribution in [2.24, 2.45) is 0 Å². The van der Waals surface area contributed by atoms with E-state index in [0.29, 0.717) is 28.7 Å². The van der Waals surface area contributed by atoms with Gasteiger partial charge in [0.25, 0.3) is 5.91 Å². The van der Waals surface area contributed by atoms with Crippen LogP contribution >= 0.6 is 0 Å². The number of aromatic nitrogens is 1. The number of oxazole rings is 1. The maximum absolute atomic E-state index is 12.0. The van der Waals surface area contributed by atoms with Gasteiger partial charge in [0, 0.05) is 36.1 Å². The first-order chi connectivity index (χ1) is 14.5. The van der Waals surface area contributed by atoms with Gasteiger partial charge in [0.15, 0.2) is 12.2 Å². The van der Waals surface area contributed by atoms with E-state index in [1.54, 1.807) is 6.07 Å². The minimum atomic E-state index is -0.654. The standard InChI is InChI=1S/C23H25N3O4/c1-4-26(16(2)3)18-11-9-17(10-12-18)24-21(27)15-29-23(28)14-13-22-25-19-7-5-6-8-20(19)30-22/h5-14,16H,4,15H2,1-3H3,(H,24,27)/b14-13+. The minimum Gasteiger partial charge on any atom is -0.452 e. The van der Waals surface area contributed by atoms with E-state index in [9.17, 15) is 9.59 Å². The Hall–Kier alpha value is -3.61. The Morgan fingerprint density at radius 1 is 1.17 bits per heavy atom. The van der Waals surface area contributed by atoms with E-state index in [-0.39, 0.29) is 6.61 Å². The molecule has 0 saturated heterocycles. The number of carbonyl (C=O) groups excluding carboxylic acids is 2. The van der Waals surface area contributed by atoms with Crippen LogP contribution in [-0.2, 0) is 14.3 Å². The molecule has 1 amide bonds. The summed E-state index contributed by atoms with van der Waals surface area (Å²) < 4.78 is 10.5. The molecule has 0 saturated carbocycles. The molecular weight excluding hydrogens is 382 g/mol. The average Bonchev–Trinajstić information content (AvgIpc) is 3.15. The Bertz CT molecular complexity index is 1010. The van der Waals surface area contributed by atoms with Crippen LogP contribution in [0.15, 0.2) is 59.0 Å². The molecule has 0 atom stereocenters. The summed E-state index contributed by atoms with van der Waals surface area (Å²) in [7, 11) is 0. The summed E-state index contributed by atoms with van der Waals surface area (Å²) in [6.45, 7) is 6.88. The molecule has 0 aliphatic carbocycles. The summed E-state index contributed by atoms with van der Waals surface area (Å²) in [5, 5.41) is 2.71. The van der Waals surface area contributed by atoms with Gasteiger partial charge in [0.2, 0.25) is 5.89 Å². The average molecular weight is 407 g/mol. The Morgan fingerprint density at radius 2 is 1.90 bits per heavy atom. The van der Waals surface area contributed by atoms with E-state index in [0.717, 1.165) is 12.2 Å². The molecule has 1 N–H and O–H groups in total. The van der Waals surface area contributed by atoms with Crippen LogP contribution in [0.3, 0.4) is 0 Å². The van der Waals surface area contributed by atoms with Crippen molar-refractivity contribution in [2.75, 3.05) is 23.4 Å². The summed E-state index contributed by atoms with van der Waals surface area (Å²) in [6, 6.07) is 15.2. The molecule has 1 heterocycles. The van der Waals surface area contributed by atoms with E-state index in [1.165, 1.54) is 12.2 Å². The number of hydrogen-bond acceptors (Lipinski definition) is 6. The number of benzene rings is 2. The summed E-state index contributed by atoms with van der Waals surface area (Å²) >= 11 is 0. The Morgan fingerprint density at radius 3 is 2.57 bits per heavy atom. The van der Waals surface area contributed by atoms with Gasteiger partial charge in [-0.1, -0.05) is 12.1 Å². The minimum absolute atomic E-state index is 0.292. The van der Waals surface area contributed by atoms with Gasteiger partial charge in [-0.25, -0.2) is 9.78 Å². The first-order valence-electron chi connectivity index (χ1n) is 9.83. The van der Waals surface area contributed by atoms with E-state index in [4.69, 9.17) is 9.15 Å². The van der Waals surface area contributed by atoms with Crippen molar-refractivity contribution in [3.63, 3.8) is 0 Å². The zero-order chi connectivity index (χ0) is 21.5. The first-order valence-corrected chi connectivity index (χ1v) is 9.83. The molecule has 30 heavy (non-hydrogen) atoms. The predicted octanol–water partition coefficient (Wildman–Crippen LogP) is 4.26. The fraction of sp³-hybridized carbons (Fsp3) is 0.261. The van der Waals surface area contributed by atoms with E-state index >= 15 is 0 Å². The summed E-state index contributed by atoms with van der Waals surface area (Å²) in [4.78, 5) is 30.4. The number of nitrogens with zero attached hydrogens (tertiary/aromatic N) is 2. The van der Waals surface area contributed by atoms with Crippen LogP contribution < -0.4 is 10.2 Å². The molecule has 3 aromatic rings. The lowest BCUT2D eigenvalue weighted by Crippen LogP contribution is -2.30. The van der Waals surface area contributed by atoms with E-state index in [2.05, 4.69) is 36.0 Å². The van der Waals surface area contributed by atoms with Crippen LogP contribution in [-0.4, -0.2) is 36.1 Å². The van der Waals surface area contributed by atoms with Crippen LogP contribution in [0, 0.1) is 0 Å². The number of hydrogen-bond donors (Lipinski definition) is 1. The number of carbonyl (C=O) groups is 2. The third-order valence-corrected chi connectivity index (χ3v) is 4.46. The van der Waals surface area contributed by atoms with E-state index < -0.39 is 11.9 Å². The second kappa shape index (κ2) is 9.73. The molecule has 1 aromatic heterocycles. The summed E-state index contributed by atoms with van der Waals surface area (Å²) in [6.07, 6.45) is 2.59. The number of ether oxygens (including phenoxy) is 1. The maximum atomic E-state index is 12.0. The number of rotatable bonds is 8. The molecule has 0 spiro atoms. The highest BCUT2D eigenvalue weighted by molar-refractivity contribution is 5.94. The normalized spacial score (nSPS) is 11.2. The molecular formula is C23H25N3O4. The molecule has 2 aromatic carbocycles. The van der Waals surface area contributed by atoms with Crippen LogP contribution in [0.25, 0.3) is 17.2 Å². The van der Waals surface area contributed by atoms with Crippen molar-refractivity contribution in [3.05, 3.63) is 60.5 Å². The van der Waals surface area contributed by atoms with Crippen LogP contribution in [0.1, 0.15) is 26.7 Å². The zero-order valence-electron chi connectivity index (χ0n) is 17.3. The largest absolute Gasteiger partial charge is 0.452 e. The van der Waals surface area contributed by atoms with Crippen molar-refractivity contribution < 1.29 is 18.7 Å². The molecule has 0 radical (unpaired) electrons. The fourth-order valence-corrected chi connectivity index (χ4v) is 3.06. The van der Waals surface area contributed by atoms with Gasteiger partial charge in [-0.15, -0.1) is 0 Å². The van der Waals surface area contributed by atoms with Gasteiger partial charge in [0.05, 0.1) is 0 Å².